The number of thiazole rings is 1. The molecular weight excluding hydrogens is 382 g/mol. The SMILES string of the molecule is Cc1cccc(-c2nc(C)c(CCNC(=O)C(=O)Nc3c(C)cccc3C)s2)c1. The first-order valence-corrected chi connectivity index (χ1v) is 10.4. The van der Waals surface area contributed by atoms with Crippen LogP contribution in [0.15, 0.2) is 42.5 Å². The zero-order valence-corrected chi connectivity index (χ0v) is 17.9. The first-order valence-electron chi connectivity index (χ1n) is 9.54. The predicted molar refractivity (Wildman–Crippen MR) is 118 cm³/mol. The van der Waals surface area contributed by atoms with Crippen LogP contribution in [0.3, 0.4) is 0 Å². The molecule has 2 N–H and O–H groups in total. The minimum absolute atomic E-state index is 0.384. The lowest BCUT2D eigenvalue weighted by Crippen LogP contribution is -2.36. The quantitative estimate of drug-likeness (QED) is 0.618. The summed E-state index contributed by atoms with van der Waals surface area (Å²) >= 11 is 1.62. The number of aryl methyl sites for hydroxylation is 4. The lowest BCUT2D eigenvalue weighted by Gasteiger charge is -2.11. The van der Waals surface area contributed by atoms with Crippen LogP contribution in [-0.2, 0) is 16.0 Å². The predicted octanol–water partition coefficient (Wildman–Crippen LogP) is 4.34. The summed E-state index contributed by atoms with van der Waals surface area (Å²) in [5, 5.41) is 6.38. The molecule has 0 spiro atoms. The van der Waals surface area contributed by atoms with Crippen LogP contribution in [0.5, 0.6) is 0 Å². The van der Waals surface area contributed by atoms with Crippen molar-refractivity contribution in [3.05, 3.63) is 69.7 Å². The van der Waals surface area contributed by atoms with Crippen molar-refractivity contribution in [1.29, 1.82) is 0 Å². The Morgan fingerprint density at radius 2 is 1.66 bits per heavy atom. The molecule has 2 amide bonds. The van der Waals surface area contributed by atoms with E-state index in [1.807, 2.05) is 45.0 Å². The third-order valence-electron chi connectivity index (χ3n) is 4.72. The number of benzene rings is 2. The fourth-order valence-corrected chi connectivity index (χ4v) is 4.17. The van der Waals surface area contributed by atoms with Crippen molar-refractivity contribution in [2.45, 2.75) is 34.1 Å². The molecule has 2 aromatic carbocycles. The number of para-hydroxylation sites is 1. The van der Waals surface area contributed by atoms with Gasteiger partial charge in [-0.2, -0.15) is 0 Å². The Bertz CT molecular complexity index is 1040. The van der Waals surface area contributed by atoms with E-state index < -0.39 is 11.8 Å². The van der Waals surface area contributed by atoms with Gasteiger partial charge in [-0.05, 0) is 44.9 Å². The Morgan fingerprint density at radius 3 is 2.34 bits per heavy atom. The molecule has 6 heteroatoms. The molecule has 0 aliphatic heterocycles. The van der Waals surface area contributed by atoms with Gasteiger partial charge in [0.05, 0.1) is 5.69 Å². The maximum atomic E-state index is 12.2. The molecule has 0 saturated carbocycles. The Kier molecular flexibility index (Phi) is 6.44. The van der Waals surface area contributed by atoms with Crippen molar-refractivity contribution < 1.29 is 9.59 Å². The molecule has 0 atom stereocenters. The molecule has 3 rings (SSSR count). The van der Waals surface area contributed by atoms with Gasteiger partial charge in [-0.3, -0.25) is 9.59 Å². The van der Waals surface area contributed by atoms with Crippen molar-refractivity contribution in [2.75, 3.05) is 11.9 Å². The zero-order chi connectivity index (χ0) is 21.0. The van der Waals surface area contributed by atoms with Gasteiger partial charge in [0.1, 0.15) is 5.01 Å². The van der Waals surface area contributed by atoms with Gasteiger partial charge in [-0.25, -0.2) is 4.98 Å². The van der Waals surface area contributed by atoms with E-state index in [0.29, 0.717) is 18.7 Å². The van der Waals surface area contributed by atoms with E-state index in [0.717, 1.165) is 32.3 Å². The first kappa shape index (κ1) is 20.7. The van der Waals surface area contributed by atoms with Gasteiger partial charge in [0.25, 0.3) is 0 Å². The summed E-state index contributed by atoms with van der Waals surface area (Å²) in [6.45, 7) is 8.22. The summed E-state index contributed by atoms with van der Waals surface area (Å²) in [5.41, 5.74) is 5.79. The number of carbonyl (C=O) groups excluding carboxylic acids is 2. The van der Waals surface area contributed by atoms with Crippen LogP contribution >= 0.6 is 11.3 Å². The third-order valence-corrected chi connectivity index (χ3v) is 5.99. The molecule has 0 fully saturated rings. The molecule has 150 valence electrons. The van der Waals surface area contributed by atoms with Crippen LogP contribution in [-0.4, -0.2) is 23.3 Å². The number of hydrogen-bond donors (Lipinski definition) is 2. The molecule has 1 heterocycles. The van der Waals surface area contributed by atoms with Crippen LogP contribution < -0.4 is 10.6 Å². The van der Waals surface area contributed by atoms with E-state index in [-0.39, 0.29) is 0 Å². The van der Waals surface area contributed by atoms with Crippen molar-refractivity contribution in [2.24, 2.45) is 0 Å². The summed E-state index contributed by atoms with van der Waals surface area (Å²) in [5.74, 6) is -1.28. The van der Waals surface area contributed by atoms with Gasteiger partial charge in [-0.1, -0.05) is 42.0 Å². The second-order valence-corrected chi connectivity index (χ2v) is 8.21. The topological polar surface area (TPSA) is 71.1 Å². The van der Waals surface area contributed by atoms with E-state index in [1.54, 1.807) is 11.3 Å². The number of aromatic nitrogens is 1. The molecule has 1 aromatic heterocycles. The summed E-state index contributed by atoms with van der Waals surface area (Å²) in [7, 11) is 0. The third kappa shape index (κ3) is 5.09. The highest BCUT2D eigenvalue weighted by atomic mass is 32.1. The molecule has 0 unspecified atom stereocenters. The van der Waals surface area contributed by atoms with Crippen LogP contribution in [0.1, 0.15) is 27.3 Å². The zero-order valence-electron chi connectivity index (χ0n) is 17.1. The number of nitrogens with zero attached hydrogens (tertiary/aromatic N) is 1. The summed E-state index contributed by atoms with van der Waals surface area (Å²) < 4.78 is 0. The van der Waals surface area contributed by atoms with Gasteiger partial charge in [-0.15, -0.1) is 11.3 Å². The van der Waals surface area contributed by atoms with Gasteiger partial charge >= 0.3 is 11.8 Å². The summed E-state index contributed by atoms with van der Waals surface area (Å²) in [6.07, 6.45) is 0.637. The van der Waals surface area contributed by atoms with E-state index in [9.17, 15) is 9.59 Å². The maximum Gasteiger partial charge on any atom is 0.313 e. The Labute approximate surface area is 175 Å². The largest absolute Gasteiger partial charge is 0.347 e. The molecular formula is C23H25N3O2S. The summed E-state index contributed by atoms with van der Waals surface area (Å²) in [4.78, 5) is 30.2. The lowest BCUT2D eigenvalue weighted by molar-refractivity contribution is -0.136. The van der Waals surface area contributed by atoms with Crippen molar-refractivity contribution in [1.82, 2.24) is 10.3 Å². The average molecular weight is 408 g/mol. The van der Waals surface area contributed by atoms with E-state index in [2.05, 4.69) is 40.7 Å². The number of carbonyl (C=O) groups is 2. The van der Waals surface area contributed by atoms with Crippen molar-refractivity contribution in [3.63, 3.8) is 0 Å². The van der Waals surface area contributed by atoms with Crippen LogP contribution in [0.2, 0.25) is 0 Å². The molecule has 0 bridgehead atoms. The minimum atomic E-state index is -0.649. The highest BCUT2D eigenvalue weighted by molar-refractivity contribution is 7.15. The van der Waals surface area contributed by atoms with Crippen LogP contribution in [0.25, 0.3) is 10.6 Å². The van der Waals surface area contributed by atoms with Crippen LogP contribution in [0, 0.1) is 27.7 Å². The van der Waals surface area contributed by atoms with E-state index in [1.165, 1.54) is 5.56 Å². The van der Waals surface area contributed by atoms with Crippen molar-refractivity contribution >= 4 is 28.8 Å². The fourth-order valence-electron chi connectivity index (χ4n) is 3.11. The number of hydrogen-bond acceptors (Lipinski definition) is 4. The molecule has 0 aliphatic rings. The maximum absolute atomic E-state index is 12.2. The van der Waals surface area contributed by atoms with Gasteiger partial charge < -0.3 is 10.6 Å². The number of nitrogens with one attached hydrogen (secondary N) is 2. The summed E-state index contributed by atoms with van der Waals surface area (Å²) in [6, 6.07) is 14.0. The highest BCUT2D eigenvalue weighted by Crippen LogP contribution is 2.28. The molecule has 29 heavy (non-hydrogen) atoms. The lowest BCUT2D eigenvalue weighted by atomic mass is 10.1. The Hall–Kier alpha value is -2.99. The van der Waals surface area contributed by atoms with E-state index in [4.69, 9.17) is 0 Å². The van der Waals surface area contributed by atoms with Crippen molar-refractivity contribution in [3.8, 4) is 10.6 Å². The smallest absolute Gasteiger partial charge is 0.313 e. The monoisotopic (exact) mass is 407 g/mol. The van der Waals surface area contributed by atoms with Gasteiger partial charge in [0, 0.05) is 29.1 Å². The molecule has 0 aliphatic carbocycles. The average Bonchev–Trinajstić information content (AvgIpc) is 3.05. The second kappa shape index (κ2) is 9.01. The normalized spacial score (nSPS) is 10.6. The van der Waals surface area contributed by atoms with Crippen LogP contribution in [0.4, 0.5) is 5.69 Å². The molecule has 0 radical (unpaired) electrons. The van der Waals surface area contributed by atoms with Gasteiger partial charge in [0.2, 0.25) is 0 Å². The number of anilines is 1. The molecule has 0 saturated heterocycles. The highest BCUT2D eigenvalue weighted by Gasteiger charge is 2.16. The molecule has 5 nitrogen and oxygen atoms in total. The number of rotatable bonds is 5. The number of amides is 2. The second-order valence-electron chi connectivity index (χ2n) is 7.12. The first-order chi connectivity index (χ1) is 13.8. The van der Waals surface area contributed by atoms with Gasteiger partial charge in [0.15, 0.2) is 0 Å². The Balaban J connectivity index is 1.57. The standard InChI is InChI=1S/C23H25N3O2S/c1-14-7-5-10-18(13-14)23-25-17(4)19(29-23)11-12-24-21(27)22(28)26-20-15(2)8-6-9-16(20)3/h5-10,13H,11-12H2,1-4H3,(H,24,27)(H,26,28). The Morgan fingerprint density at radius 1 is 0.966 bits per heavy atom. The fraction of sp³-hybridized carbons (Fsp3) is 0.261. The minimum Gasteiger partial charge on any atom is -0.347 e. The molecule has 3 aromatic rings. The van der Waals surface area contributed by atoms with E-state index >= 15 is 0 Å².